The zero-order valence-corrected chi connectivity index (χ0v) is 9.41. The van der Waals surface area contributed by atoms with E-state index in [-0.39, 0.29) is 17.7 Å². The second-order valence-corrected chi connectivity index (χ2v) is 4.57. The first-order valence-corrected chi connectivity index (χ1v) is 5.87. The highest BCUT2D eigenvalue weighted by Crippen LogP contribution is 2.25. The predicted molar refractivity (Wildman–Crippen MR) is 64.2 cm³/mol. The van der Waals surface area contributed by atoms with Gasteiger partial charge < -0.3 is 9.47 Å². The summed E-state index contributed by atoms with van der Waals surface area (Å²) in [5.41, 5.74) is 1.03. The molecule has 17 heavy (non-hydrogen) atoms. The van der Waals surface area contributed by atoms with Crippen LogP contribution in [-0.2, 0) is 4.65 Å². The van der Waals surface area contributed by atoms with Gasteiger partial charge in [0.1, 0.15) is 0 Å². The molecule has 0 N–H and O–H groups in total. The monoisotopic (exact) mass is 232 g/mol. The van der Waals surface area contributed by atoms with Gasteiger partial charge in [0.2, 0.25) is 0 Å². The van der Waals surface area contributed by atoms with Crippen LogP contribution in [0.25, 0.3) is 0 Å². The van der Waals surface area contributed by atoms with Gasteiger partial charge in [-0.2, -0.15) is 0 Å². The fraction of sp³-hybridized carbons (Fsp3) is 0.455. The molecule has 2 heterocycles. The van der Waals surface area contributed by atoms with E-state index in [0.717, 1.165) is 18.6 Å². The molecule has 2 saturated heterocycles. The molecule has 0 unspecified atom stereocenters. The van der Waals surface area contributed by atoms with Crippen LogP contribution in [0.5, 0.6) is 0 Å². The number of hydrogen-bond donors (Lipinski definition) is 0. The molecular weight excluding hydrogens is 219 g/mol. The number of nitrogens with zero attached hydrogens (tertiary/aromatic N) is 2. The summed E-state index contributed by atoms with van der Waals surface area (Å²) in [5, 5.41) is 10.7. The minimum Gasteiger partial charge on any atom is -0.416 e. The van der Waals surface area contributed by atoms with Crippen molar-refractivity contribution in [2.75, 3.05) is 13.2 Å². The average molecular weight is 232 g/mol. The standard InChI is InChI=1S/C11H13BN2O3/c15-14(16)10-4-1-3-9(7-10)12-13-6-2-5-11(13)8-17-12/h1,3-4,7,11H,2,5-6,8H2/t11-/m0/s1. The zero-order chi connectivity index (χ0) is 11.8. The van der Waals surface area contributed by atoms with Crippen molar-refractivity contribution in [3.05, 3.63) is 34.4 Å². The lowest BCUT2D eigenvalue weighted by Crippen LogP contribution is -2.45. The van der Waals surface area contributed by atoms with E-state index in [2.05, 4.69) is 4.81 Å². The van der Waals surface area contributed by atoms with Crippen LogP contribution >= 0.6 is 0 Å². The molecule has 0 bridgehead atoms. The van der Waals surface area contributed by atoms with Crippen LogP contribution in [0.15, 0.2) is 24.3 Å². The minimum atomic E-state index is -0.361. The van der Waals surface area contributed by atoms with Crippen LogP contribution in [0.2, 0.25) is 0 Å². The quantitative estimate of drug-likeness (QED) is 0.429. The van der Waals surface area contributed by atoms with Crippen molar-refractivity contribution in [1.82, 2.24) is 4.81 Å². The van der Waals surface area contributed by atoms with Gasteiger partial charge in [-0.05, 0) is 24.8 Å². The summed E-state index contributed by atoms with van der Waals surface area (Å²) in [7, 11) is -0.0950. The summed E-state index contributed by atoms with van der Waals surface area (Å²) < 4.78 is 5.74. The third-order valence-corrected chi connectivity index (χ3v) is 3.54. The lowest BCUT2D eigenvalue weighted by Gasteiger charge is -2.17. The molecule has 1 aromatic rings. The Labute approximate surface area is 99.7 Å². The van der Waals surface area contributed by atoms with Gasteiger partial charge in [-0.3, -0.25) is 10.1 Å². The van der Waals surface area contributed by atoms with Gasteiger partial charge in [-0.15, -0.1) is 0 Å². The molecule has 0 spiro atoms. The molecule has 2 fully saturated rings. The predicted octanol–water partition coefficient (Wildman–Crippen LogP) is 0.785. The molecule has 3 rings (SSSR count). The largest absolute Gasteiger partial charge is 0.419 e. The maximum Gasteiger partial charge on any atom is 0.419 e. The summed E-state index contributed by atoms with van der Waals surface area (Å²) >= 11 is 0. The van der Waals surface area contributed by atoms with Crippen LogP contribution in [-0.4, -0.2) is 36.0 Å². The molecule has 0 aliphatic carbocycles. The Hall–Kier alpha value is -1.40. The van der Waals surface area contributed by atoms with Crippen molar-refractivity contribution in [1.29, 1.82) is 0 Å². The van der Waals surface area contributed by atoms with Gasteiger partial charge in [0.05, 0.1) is 4.92 Å². The second kappa shape index (κ2) is 4.12. The Bertz CT molecular complexity index is 454. The molecular formula is C11H13BN2O3. The van der Waals surface area contributed by atoms with Gasteiger partial charge in [0.25, 0.3) is 5.69 Å². The topological polar surface area (TPSA) is 55.6 Å². The highest BCUT2D eigenvalue weighted by molar-refractivity contribution is 6.65. The van der Waals surface area contributed by atoms with Crippen molar-refractivity contribution >= 4 is 18.2 Å². The van der Waals surface area contributed by atoms with Crippen LogP contribution < -0.4 is 5.46 Å². The molecule has 0 amide bonds. The van der Waals surface area contributed by atoms with Crippen LogP contribution in [0.3, 0.4) is 0 Å². The number of rotatable bonds is 2. The number of hydrogen-bond acceptors (Lipinski definition) is 4. The molecule has 1 aromatic carbocycles. The van der Waals surface area contributed by atoms with E-state index in [4.69, 9.17) is 4.65 Å². The zero-order valence-electron chi connectivity index (χ0n) is 9.41. The molecule has 5 nitrogen and oxygen atoms in total. The van der Waals surface area contributed by atoms with Crippen molar-refractivity contribution in [2.24, 2.45) is 0 Å². The van der Waals surface area contributed by atoms with E-state index in [9.17, 15) is 10.1 Å². The normalized spacial score (nSPS) is 24.0. The number of nitro benzene ring substituents is 1. The Morgan fingerprint density at radius 3 is 3.24 bits per heavy atom. The Kier molecular flexibility index (Phi) is 2.60. The van der Waals surface area contributed by atoms with E-state index in [1.54, 1.807) is 12.1 Å². The summed E-state index contributed by atoms with van der Waals surface area (Å²) in [6.07, 6.45) is 2.37. The van der Waals surface area contributed by atoms with Crippen LogP contribution in [0.1, 0.15) is 12.8 Å². The van der Waals surface area contributed by atoms with Crippen molar-refractivity contribution in [3.63, 3.8) is 0 Å². The molecule has 2 aliphatic rings. The van der Waals surface area contributed by atoms with E-state index in [1.807, 2.05) is 6.07 Å². The molecule has 0 radical (unpaired) electrons. The fourth-order valence-electron chi connectivity index (χ4n) is 2.72. The summed E-state index contributed by atoms with van der Waals surface area (Å²) in [6, 6.07) is 7.25. The number of nitro groups is 1. The third kappa shape index (κ3) is 1.83. The third-order valence-electron chi connectivity index (χ3n) is 3.54. The first kappa shape index (κ1) is 10.7. The SMILES string of the molecule is O=[N+]([O-])c1cccc(B2OC[C@@H]3CCCN23)c1. The van der Waals surface area contributed by atoms with Crippen molar-refractivity contribution in [3.8, 4) is 0 Å². The minimum absolute atomic E-state index is 0.0950. The van der Waals surface area contributed by atoms with Gasteiger partial charge in [-0.1, -0.05) is 12.1 Å². The first-order chi connectivity index (χ1) is 8.25. The van der Waals surface area contributed by atoms with E-state index < -0.39 is 0 Å². The maximum atomic E-state index is 10.7. The summed E-state index contributed by atoms with van der Waals surface area (Å²) in [5.74, 6) is 0. The highest BCUT2D eigenvalue weighted by Gasteiger charge is 2.42. The lowest BCUT2D eigenvalue weighted by molar-refractivity contribution is -0.384. The average Bonchev–Trinajstić information content (AvgIpc) is 2.90. The highest BCUT2D eigenvalue weighted by atomic mass is 16.6. The van der Waals surface area contributed by atoms with Crippen LogP contribution in [0, 0.1) is 10.1 Å². The van der Waals surface area contributed by atoms with Gasteiger partial charge in [0.15, 0.2) is 0 Å². The lowest BCUT2D eigenvalue weighted by atomic mass is 9.72. The molecule has 6 heteroatoms. The Morgan fingerprint density at radius 1 is 1.53 bits per heavy atom. The second-order valence-electron chi connectivity index (χ2n) is 4.57. The van der Waals surface area contributed by atoms with Crippen molar-refractivity contribution in [2.45, 2.75) is 18.9 Å². The first-order valence-electron chi connectivity index (χ1n) is 5.87. The molecule has 1 atom stereocenters. The Morgan fingerprint density at radius 2 is 2.41 bits per heavy atom. The molecule has 0 saturated carbocycles. The van der Waals surface area contributed by atoms with Gasteiger partial charge >= 0.3 is 7.05 Å². The summed E-state index contributed by atoms with van der Waals surface area (Å²) in [4.78, 5) is 12.7. The van der Waals surface area contributed by atoms with E-state index in [1.165, 1.54) is 18.9 Å². The number of fused-ring (bicyclic) bond motifs is 1. The molecule has 2 aliphatic heterocycles. The fourth-order valence-corrected chi connectivity index (χ4v) is 2.72. The smallest absolute Gasteiger partial charge is 0.416 e. The summed E-state index contributed by atoms with van der Waals surface area (Å²) in [6.45, 7) is 1.77. The van der Waals surface area contributed by atoms with E-state index in [0.29, 0.717) is 6.04 Å². The van der Waals surface area contributed by atoms with Gasteiger partial charge in [-0.25, -0.2) is 0 Å². The number of non-ortho nitro benzene ring substituents is 1. The maximum absolute atomic E-state index is 10.7. The number of benzene rings is 1. The van der Waals surface area contributed by atoms with Gasteiger partial charge in [0, 0.05) is 24.8 Å². The van der Waals surface area contributed by atoms with Crippen LogP contribution in [0.4, 0.5) is 5.69 Å². The molecule has 0 aromatic heterocycles. The van der Waals surface area contributed by atoms with Crippen molar-refractivity contribution < 1.29 is 9.58 Å². The molecule has 88 valence electrons. The Balaban J connectivity index is 1.88. The van der Waals surface area contributed by atoms with E-state index >= 15 is 0 Å².